The van der Waals surface area contributed by atoms with E-state index in [-0.39, 0.29) is 6.04 Å². The third-order valence-corrected chi connectivity index (χ3v) is 2.66. The summed E-state index contributed by atoms with van der Waals surface area (Å²) in [5, 5.41) is 12.2. The van der Waals surface area contributed by atoms with E-state index in [4.69, 9.17) is 5.26 Å². The molecule has 0 radical (unpaired) electrons. The van der Waals surface area contributed by atoms with Gasteiger partial charge in [0.05, 0.1) is 17.7 Å². The Balaban J connectivity index is 2.22. The average Bonchev–Trinajstić information content (AvgIpc) is 2.89. The highest BCUT2D eigenvalue weighted by Crippen LogP contribution is 2.19. The number of H-pyrrole nitrogens is 1. The summed E-state index contributed by atoms with van der Waals surface area (Å²) in [5.41, 5.74) is 1.44. The number of anilines is 1. The summed E-state index contributed by atoms with van der Waals surface area (Å²) in [6.07, 6.45) is 4.40. The number of rotatable bonds is 4. The molecule has 0 aromatic carbocycles. The summed E-state index contributed by atoms with van der Waals surface area (Å²) in [6.45, 7) is 3.95. The van der Waals surface area contributed by atoms with Gasteiger partial charge in [-0.3, -0.25) is 0 Å². The molecule has 0 saturated carbocycles. The van der Waals surface area contributed by atoms with Gasteiger partial charge in [0.2, 0.25) is 0 Å². The predicted octanol–water partition coefficient (Wildman–Crippen LogP) is 2.55. The van der Waals surface area contributed by atoms with E-state index < -0.39 is 0 Å². The molecule has 18 heavy (non-hydrogen) atoms. The summed E-state index contributed by atoms with van der Waals surface area (Å²) in [6, 6.07) is 5.71. The van der Waals surface area contributed by atoms with Crippen LogP contribution in [-0.4, -0.2) is 15.0 Å². The fraction of sp³-hybridized carbons (Fsp3) is 0.308. The highest BCUT2D eigenvalue weighted by Gasteiger charge is 2.12. The molecule has 0 aliphatic heterocycles. The molecule has 2 aromatic rings. The summed E-state index contributed by atoms with van der Waals surface area (Å²) < 4.78 is 0. The van der Waals surface area contributed by atoms with Crippen molar-refractivity contribution in [2.75, 3.05) is 5.32 Å². The van der Waals surface area contributed by atoms with Gasteiger partial charge in [0.1, 0.15) is 11.6 Å². The largest absolute Gasteiger partial charge is 0.360 e. The maximum absolute atomic E-state index is 8.94. The lowest BCUT2D eigenvalue weighted by molar-refractivity contribution is 0.700. The first-order chi connectivity index (χ1) is 8.72. The molecule has 92 valence electrons. The number of nitrogens with one attached hydrogen (secondary N) is 2. The number of imidazole rings is 1. The summed E-state index contributed by atoms with van der Waals surface area (Å²) in [7, 11) is 0. The quantitative estimate of drug-likeness (QED) is 0.862. The lowest BCUT2D eigenvalue weighted by Gasteiger charge is -2.15. The Labute approximate surface area is 106 Å². The average molecular weight is 241 g/mol. The van der Waals surface area contributed by atoms with Crippen LogP contribution in [-0.2, 0) is 0 Å². The molecule has 2 N–H and O–H groups in total. The molecule has 0 aliphatic carbocycles. The van der Waals surface area contributed by atoms with E-state index in [9.17, 15) is 0 Å². The normalized spacial score (nSPS) is 11.8. The molecule has 5 heteroatoms. The van der Waals surface area contributed by atoms with Crippen molar-refractivity contribution in [3.8, 4) is 6.07 Å². The van der Waals surface area contributed by atoms with E-state index in [1.54, 1.807) is 24.5 Å². The van der Waals surface area contributed by atoms with Gasteiger partial charge in [-0.1, -0.05) is 6.92 Å². The molecular formula is C13H15N5. The number of hydrogen-bond acceptors (Lipinski definition) is 4. The molecule has 0 fully saturated rings. The minimum atomic E-state index is 0.0702. The van der Waals surface area contributed by atoms with Gasteiger partial charge in [-0.25, -0.2) is 9.97 Å². The van der Waals surface area contributed by atoms with Crippen molar-refractivity contribution in [3.63, 3.8) is 0 Å². The van der Waals surface area contributed by atoms with Crippen LogP contribution in [0.1, 0.15) is 36.5 Å². The molecule has 0 aliphatic rings. The number of aromatic nitrogens is 3. The zero-order chi connectivity index (χ0) is 13.0. The van der Waals surface area contributed by atoms with Crippen LogP contribution >= 0.6 is 0 Å². The zero-order valence-corrected chi connectivity index (χ0v) is 10.4. The minimum absolute atomic E-state index is 0.0702. The third-order valence-electron chi connectivity index (χ3n) is 2.66. The van der Waals surface area contributed by atoms with Gasteiger partial charge in [-0.2, -0.15) is 5.26 Å². The number of nitrogens with zero attached hydrogens (tertiary/aromatic N) is 3. The summed E-state index contributed by atoms with van der Waals surface area (Å²) >= 11 is 0. The summed E-state index contributed by atoms with van der Waals surface area (Å²) in [4.78, 5) is 11.7. The van der Waals surface area contributed by atoms with Crippen LogP contribution in [0, 0.1) is 18.3 Å². The standard InChI is InChI=1S/C13H15N5/c1-3-11(13-15-4-5-16-13)18-12-7-10(8-14)6-9(2)17-12/h4-7,11H,3H2,1-2H3,(H,15,16)(H,17,18). The molecular weight excluding hydrogens is 226 g/mol. The van der Waals surface area contributed by atoms with Crippen molar-refractivity contribution in [1.82, 2.24) is 15.0 Å². The van der Waals surface area contributed by atoms with E-state index >= 15 is 0 Å². The maximum Gasteiger partial charge on any atom is 0.128 e. The third kappa shape index (κ3) is 2.66. The van der Waals surface area contributed by atoms with E-state index in [1.807, 2.05) is 6.92 Å². The molecule has 0 saturated heterocycles. The molecule has 0 amide bonds. The van der Waals surface area contributed by atoms with Gasteiger partial charge in [0.25, 0.3) is 0 Å². The molecule has 2 aromatic heterocycles. The first-order valence-corrected chi connectivity index (χ1v) is 5.87. The zero-order valence-electron chi connectivity index (χ0n) is 10.4. The molecule has 0 spiro atoms. The summed E-state index contributed by atoms with van der Waals surface area (Å²) in [5.74, 6) is 1.58. The van der Waals surface area contributed by atoms with Gasteiger partial charge in [-0.05, 0) is 25.5 Å². The van der Waals surface area contributed by atoms with E-state index in [0.717, 1.165) is 17.9 Å². The Kier molecular flexibility index (Phi) is 3.58. The number of nitriles is 1. The Morgan fingerprint density at radius 3 is 2.94 bits per heavy atom. The maximum atomic E-state index is 8.94. The van der Waals surface area contributed by atoms with E-state index in [0.29, 0.717) is 11.4 Å². The fourth-order valence-electron chi connectivity index (χ4n) is 1.82. The Bertz CT molecular complexity index is 553. The molecule has 0 bridgehead atoms. The molecule has 1 atom stereocenters. The van der Waals surface area contributed by atoms with Crippen molar-refractivity contribution in [2.45, 2.75) is 26.3 Å². The van der Waals surface area contributed by atoms with Crippen molar-refractivity contribution in [1.29, 1.82) is 5.26 Å². The molecule has 5 nitrogen and oxygen atoms in total. The van der Waals surface area contributed by atoms with Gasteiger partial charge in [-0.15, -0.1) is 0 Å². The van der Waals surface area contributed by atoms with Crippen LogP contribution in [0.5, 0.6) is 0 Å². The number of pyridine rings is 1. The van der Waals surface area contributed by atoms with Gasteiger partial charge >= 0.3 is 0 Å². The highest BCUT2D eigenvalue weighted by atomic mass is 15.1. The second-order valence-corrected chi connectivity index (χ2v) is 4.07. The van der Waals surface area contributed by atoms with Crippen molar-refractivity contribution in [3.05, 3.63) is 41.6 Å². The SMILES string of the molecule is CCC(Nc1cc(C#N)cc(C)n1)c1ncc[nH]1. The fourth-order valence-corrected chi connectivity index (χ4v) is 1.82. The highest BCUT2D eigenvalue weighted by molar-refractivity contribution is 5.45. The minimum Gasteiger partial charge on any atom is -0.360 e. The van der Waals surface area contributed by atoms with Crippen molar-refractivity contribution < 1.29 is 0 Å². The first-order valence-electron chi connectivity index (χ1n) is 5.87. The van der Waals surface area contributed by atoms with Crippen LogP contribution in [0.3, 0.4) is 0 Å². The van der Waals surface area contributed by atoms with Crippen LogP contribution < -0.4 is 5.32 Å². The number of hydrogen-bond donors (Lipinski definition) is 2. The first kappa shape index (κ1) is 12.1. The Morgan fingerprint density at radius 1 is 1.50 bits per heavy atom. The van der Waals surface area contributed by atoms with Crippen LogP contribution in [0.2, 0.25) is 0 Å². The predicted molar refractivity (Wildman–Crippen MR) is 68.9 cm³/mol. The lowest BCUT2D eigenvalue weighted by Crippen LogP contribution is -2.12. The Hall–Kier alpha value is -2.35. The van der Waals surface area contributed by atoms with Crippen LogP contribution in [0.25, 0.3) is 0 Å². The second-order valence-electron chi connectivity index (χ2n) is 4.07. The molecule has 2 heterocycles. The van der Waals surface area contributed by atoms with Gasteiger partial charge < -0.3 is 10.3 Å². The Morgan fingerprint density at radius 2 is 2.33 bits per heavy atom. The molecule has 1 unspecified atom stereocenters. The smallest absolute Gasteiger partial charge is 0.128 e. The lowest BCUT2D eigenvalue weighted by atomic mass is 10.2. The second kappa shape index (κ2) is 5.32. The number of aryl methyl sites for hydroxylation is 1. The van der Waals surface area contributed by atoms with Crippen LogP contribution in [0.4, 0.5) is 5.82 Å². The van der Waals surface area contributed by atoms with Gasteiger partial charge in [0.15, 0.2) is 0 Å². The van der Waals surface area contributed by atoms with E-state index in [1.165, 1.54) is 0 Å². The number of aromatic amines is 1. The van der Waals surface area contributed by atoms with Crippen molar-refractivity contribution in [2.24, 2.45) is 0 Å². The van der Waals surface area contributed by atoms with E-state index in [2.05, 4.69) is 33.3 Å². The van der Waals surface area contributed by atoms with Crippen molar-refractivity contribution >= 4 is 5.82 Å². The van der Waals surface area contributed by atoms with Gasteiger partial charge in [0, 0.05) is 18.1 Å². The monoisotopic (exact) mass is 241 g/mol. The topological polar surface area (TPSA) is 77.4 Å². The molecule has 2 rings (SSSR count). The van der Waals surface area contributed by atoms with Crippen LogP contribution in [0.15, 0.2) is 24.5 Å².